The minimum absolute atomic E-state index is 0.117. The van der Waals surface area contributed by atoms with Crippen molar-refractivity contribution in [3.05, 3.63) is 51.5 Å². The number of carbonyl (C=O) groups excluding carboxylic acids is 1. The van der Waals surface area contributed by atoms with E-state index in [9.17, 15) is 4.79 Å². The molecule has 1 N–H and O–H groups in total. The highest BCUT2D eigenvalue weighted by molar-refractivity contribution is 7.11. The second-order valence-electron chi connectivity index (χ2n) is 4.86. The molecule has 0 aliphatic carbocycles. The SMILES string of the molecule is Cc1nc(C)c(CNC(=O)CCCc2ccccc2)s1. The van der Waals surface area contributed by atoms with Gasteiger partial charge in [-0.25, -0.2) is 4.98 Å². The number of nitrogens with one attached hydrogen (secondary N) is 1. The van der Waals surface area contributed by atoms with E-state index in [4.69, 9.17) is 0 Å². The topological polar surface area (TPSA) is 42.0 Å². The molecule has 0 bridgehead atoms. The maximum absolute atomic E-state index is 11.8. The molecule has 0 spiro atoms. The summed E-state index contributed by atoms with van der Waals surface area (Å²) in [5, 5.41) is 4.02. The van der Waals surface area contributed by atoms with Crippen LogP contribution in [0, 0.1) is 13.8 Å². The monoisotopic (exact) mass is 288 g/mol. The first-order valence-electron chi connectivity index (χ1n) is 6.88. The molecule has 0 aliphatic rings. The summed E-state index contributed by atoms with van der Waals surface area (Å²) in [6.07, 6.45) is 2.41. The number of hydrogen-bond acceptors (Lipinski definition) is 3. The van der Waals surface area contributed by atoms with Crippen LogP contribution in [0.3, 0.4) is 0 Å². The van der Waals surface area contributed by atoms with Crippen molar-refractivity contribution in [3.63, 3.8) is 0 Å². The smallest absolute Gasteiger partial charge is 0.220 e. The number of aryl methyl sites for hydroxylation is 3. The fourth-order valence-electron chi connectivity index (χ4n) is 2.10. The molecule has 0 atom stereocenters. The van der Waals surface area contributed by atoms with Gasteiger partial charge in [-0.2, -0.15) is 0 Å². The second-order valence-corrected chi connectivity index (χ2v) is 6.15. The van der Waals surface area contributed by atoms with Gasteiger partial charge in [-0.15, -0.1) is 11.3 Å². The quantitative estimate of drug-likeness (QED) is 0.885. The van der Waals surface area contributed by atoms with Gasteiger partial charge in [0, 0.05) is 11.3 Å². The first kappa shape index (κ1) is 14.7. The molecule has 1 aromatic heterocycles. The average Bonchev–Trinajstić information content (AvgIpc) is 2.76. The highest BCUT2D eigenvalue weighted by atomic mass is 32.1. The molecule has 3 nitrogen and oxygen atoms in total. The number of rotatable bonds is 6. The number of benzene rings is 1. The van der Waals surface area contributed by atoms with Gasteiger partial charge in [0.05, 0.1) is 17.2 Å². The minimum Gasteiger partial charge on any atom is -0.351 e. The van der Waals surface area contributed by atoms with Crippen molar-refractivity contribution >= 4 is 17.2 Å². The number of amides is 1. The molecule has 1 amide bonds. The molecule has 1 aromatic carbocycles. The van der Waals surface area contributed by atoms with E-state index >= 15 is 0 Å². The van der Waals surface area contributed by atoms with Crippen LogP contribution in [0.4, 0.5) is 0 Å². The minimum atomic E-state index is 0.117. The molecule has 0 unspecified atom stereocenters. The Balaban J connectivity index is 1.69. The van der Waals surface area contributed by atoms with Crippen molar-refractivity contribution in [2.75, 3.05) is 0 Å². The summed E-state index contributed by atoms with van der Waals surface area (Å²) in [5.41, 5.74) is 2.31. The predicted octanol–water partition coefficient (Wildman–Crippen LogP) is 3.40. The fourth-order valence-corrected chi connectivity index (χ4v) is 2.98. The van der Waals surface area contributed by atoms with E-state index < -0.39 is 0 Å². The van der Waals surface area contributed by atoms with Crippen LogP contribution in [0.15, 0.2) is 30.3 Å². The van der Waals surface area contributed by atoms with E-state index in [-0.39, 0.29) is 5.91 Å². The van der Waals surface area contributed by atoms with Gasteiger partial charge in [-0.05, 0) is 32.3 Å². The van der Waals surface area contributed by atoms with Crippen LogP contribution in [-0.2, 0) is 17.8 Å². The van der Waals surface area contributed by atoms with Crippen molar-refractivity contribution in [2.24, 2.45) is 0 Å². The summed E-state index contributed by atoms with van der Waals surface area (Å²) < 4.78 is 0. The van der Waals surface area contributed by atoms with Crippen LogP contribution in [0.2, 0.25) is 0 Å². The molecule has 2 aromatic rings. The van der Waals surface area contributed by atoms with Crippen molar-refractivity contribution in [3.8, 4) is 0 Å². The summed E-state index contributed by atoms with van der Waals surface area (Å²) in [4.78, 5) is 17.3. The van der Waals surface area contributed by atoms with E-state index in [0.29, 0.717) is 13.0 Å². The van der Waals surface area contributed by atoms with Crippen LogP contribution in [0.1, 0.15) is 34.0 Å². The number of hydrogen-bond donors (Lipinski definition) is 1. The Kier molecular flexibility index (Phi) is 5.30. The highest BCUT2D eigenvalue weighted by Gasteiger charge is 2.07. The molecule has 20 heavy (non-hydrogen) atoms. The summed E-state index contributed by atoms with van der Waals surface area (Å²) in [6.45, 7) is 4.57. The van der Waals surface area contributed by atoms with Crippen LogP contribution in [0.25, 0.3) is 0 Å². The Morgan fingerprint density at radius 3 is 2.65 bits per heavy atom. The molecular formula is C16H20N2OS. The zero-order valence-corrected chi connectivity index (χ0v) is 12.8. The lowest BCUT2D eigenvalue weighted by atomic mass is 10.1. The summed E-state index contributed by atoms with van der Waals surface area (Å²) in [6, 6.07) is 10.3. The second kappa shape index (κ2) is 7.20. The average molecular weight is 288 g/mol. The predicted molar refractivity (Wildman–Crippen MR) is 82.8 cm³/mol. The molecule has 4 heteroatoms. The highest BCUT2D eigenvalue weighted by Crippen LogP contribution is 2.16. The Bertz CT molecular complexity index is 563. The summed E-state index contributed by atoms with van der Waals surface area (Å²) in [7, 11) is 0. The van der Waals surface area contributed by atoms with Crippen LogP contribution >= 0.6 is 11.3 Å². The zero-order chi connectivity index (χ0) is 14.4. The van der Waals surface area contributed by atoms with Gasteiger partial charge in [0.1, 0.15) is 0 Å². The van der Waals surface area contributed by atoms with Crippen molar-refractivity contribution in [1.29, 1.82) is 0 Å². The Labute approximate surface area is 124 Å². The van der Waals surface area contributed by atoms with Gasteiger partial charge < -0.3 is 5.32 Å². The van der Waals surface area contributed by atoms with E-state index in [1.165, 1.54) is 5.56 Å². The third-order valence-electron chi connectivity index (χ3n) is 3.16. The normalized spacial score (nSPS) is 10.5. The molecule has 0 radical (unpaired) electrons. The van der Waals surface area contributed by atoms with Crippen LogP contribution in [0.5, 0.6) is 0 Å². The third-order valence-corrected chi connectivity index (χ3v) is 4.23. The van der Waals surface area contributed by atoms with Gasteiger partial charge in [-0.3, -0.25) is 4.79 Å². The zero-order valence-electron chi connectivity index (χ0n) is 12.0. The summed E-state index contributed by atoms with van der Waals surface area (Å²) in [5.74, 6) is 0.117. The lowest BCUT2D eigenvalue weighted by molar-refractivity contribution is -0.121. The number of thiazole rings is 1. The van der Waals surface area contributed by atoms with E-state index in [1.54, 1.807) is 11.3 Å². The maximum Gasteiger partial charge on any atom is 0.220 e. The van der Waals surface area contributed by atoms with Gasteiger partial charge in [0.2, 0.25) is 5.91 Å². The Morgan fingerprint density at radius 1 is 1.25 bits per heavy atom. The van der Waals surface area contributed by atoms with Crippen molar-refractivity contribution in [2.45, 2.75) is 39.7 Å². The van der Waals surface area contributed by atoms with Crippen LogP contribution in [-0.4, -0.2) is 10.9 Å². The van der Waals surface area contributed by atoms with Gasteiger partial charge in [0.25, 0.3) is 0 Å². The summed E-state index contributed by atoms with van der Waals surface area (Å²) >= 11 is 1.65. The van der Waals surface area contributed by atoms with E-state index in [2.05, 4.69) is 22.4 Å². The van der Waals surface area contributed by atoms with Gasteiger partial charge in [-0.1, -0.05) is 30.3 Å². The Morgan fingerprint density at radius 2 is 2.00 bits per heavy atom. The number of carbonyl (C=O) groups is 1. The molecule has 0 fully saturated rings. The number of nitrogens with zero attached hydrogens (tertiary/aromatic N) is 1. The largest absolute Gasteiger partial charge is 0.351 e. The molecule has 2 rings (SSSR count). The van der Waals surface area contributed by atoms with Crippen molar-refractivity contribution in [1.82, 2.24) is 10.3 Å². The molecule has 0 saturated carbocycles. The maximum atomic E-state index is 11.8. The lowest BCUT2D eigenvalue weighted by Gasteiger charge is -2.04. The van der Waals surface area contributed by atoms with Gasteiger partial charge >= 0.3 is 0 Å². The third kappa shape index (κ3) is 4.46. The molecule has 0 saturated heterocycles. The first-order chi connectivity index (χ1) is 9.65. The fraction of sp³-hybridized carbons (Fsp3) is 0.375. The van der Waals surface area contributed by atoms with Gasteiger partial charge in [0.15, 0.2) is 0 Å². The standard InChI is InChI=1S/C16H20N2OS/c1-12-15(20-13(2)18-12)11-17-16(19)10-6-9-14-7-4-3-5-8-14/h3-5,7-8H,6,9-11H2,1-2H3,(H,17,19). The van der Waals surface area contributed by atoms with E-state index in [0.717, 1.165) is 28.4 Å². The Hall–Kier alpha value is -1.68. The molecule has 1 heterocycles. The van der Waals surface area contributed by atoms with E-state index in [1.807, 2.05) is 32.0 Å². The molecular weight excluding hydrogens is 268 g/mol. The van der Waals surface area contributed by atoms with Crippen molar-refractivity contribution < 1.29 is 4.79 Å². The molecule has 106 valence electrons. The number of aromatic nitrogens is 1. The first-order valence-corrected chi connectivity index (χ1v) is 7.70. The van der Waals surface area contributed by atoms with Crippen LogP contribution < -0.4 is 5.32 Å². The molecule has 0 aliphatic heterocycles. The lowest BCUT2D eigenvalue weighted by Crippen LogP contribution is -2.22.